The van der Waals surface area contributed by atoms with Gasteiger partial charge in [-0.3, -0.25) is 4.98 Å². The summed E-state index contributed by atoms with van der Waals surface area (Å²) in [5.74, 6) is 1.58. The van der Waals surface area contributed by atoms with Gasteiger partial charge in [0, 0.05) is 23.7 Å². The lowest BCUT2D eigenvalue weighted by Gasteiger charge is -2.44. The molecule has 4 saturated carbocycles. The maximum Gasteiger partial charge on any atom is 0.0832 e. The average molecular weight is 504 g/mol. The van der Waals surface area contributed by atoms with Gasteiger partial charge < -0.3 is 15.3 Å². The molecule has 0 bridgehead atoms. The number of fused-ring (bicyclic) bond motifs is 1. The van der Waals surface area contributed by atoms with Crippen molar-refractivity contribution in [1.82, 2.24) is 4.98 Å². The highest BCUT2D eigenvalue weighted by Gasteiger charge is 2.52. The molecule has 0 unspecified atom stereocenters. The summed E-state index contributed by atoms with van der Waals surface area (Å²) in [6.07, 6.45) is 18.0. The molecule has 1 heterocycles. The molecule has 4 aliphatic carbocycles. The first-order chi connectivity index (χ1) is 17.6. The van der Waals surface area contributed by atoms with Crippen molar-refractivity contribution in [1.29, 1.82) is 0 Å². The maximum atomic E-state index is 11.2. The van der Waals surface area contributed by atoms with Crippen LogP contribution in [0.15, 0.2) is 65.9 Å². The molecule has 5 rings (SSSR count). The van der Waals surface area contributed by atoms with Crippen molar-refractivity contribution < 1.29 is 15.3 Å². The molecule has 4 fully saturated rings. The lowest BCUT2D eigenvalue weighted by molar-refractivity contribution is 0.0862. The van der Waals surface area contributed by atoms with E-state index in [2.05, 4.69) is 62.7 Å². The van der Waals surface area contributed by atoms with Crippen LogP contribution in [-0.2, 0) is 5.41 Å². The highest BCUT2D eigenvalue weighted by molar-refractivity contribution is 5.39. The summed E-state index contributed by atoms with van der Waals surface area (Å²) in [6, 6.07) is 4.15. The van der Waals surface area contributed by atoms with Gasteiger partial charge in [-0.05, 0) is 110 Å². The van der Waals surface area contributed by atoms with E-state index in [0.717, 1.165) is 36.1 Å². The zero-order valence-corrected chi connectivity index (χ0v) is 22.9. The smallest absolute Gasteiger partial charge is 0.0832 e. The number of aliphatic hydroxyl groups excluding tert-OH is 3. The predicted molar refractivity (Wildman–Crippen MR) is 149 cm³/mol. The van der Waals surface area contributed by atoms with Gasteiger partial charge in [0.25, 0.3) is 0 Å². The van der Waals surface area contributed by atoms with Crippen LogP contribution in [0.25, 0.3) is 0 Å². The summed E-state index contributed by atoms with van der Waals surface area (Å²) in [7, 11) is 0. The van der Waals surface area contributed by atoms with E-state index < -0.39 is 18.3 Å². The van der Waals surface area contributed by atoms with Gasteiger partial charge in [-0.1, -0.05) is 50.3 Å². The first-order valence-electron chi connectivity index (χ1n) is 14.4. The highest BCUT2D eigenvalue weighted by Crippen LogP contribution is 2.59. The molecule has 0 radical (unpaired) electrons. The van der Waals surface area contributed by atoms with Crippen LogP contribution in [0.3, 0.4) is 0 Å². The summed E-state index contributed by atoms with van der Waals surface area (Å²) >= 11 is 0. The van der Waals surface area contributed by atoms with Crippen molar-refractivity contribution in [3.05, 3.63) is 77.2 Å². The number of pyridine rings is 1. The van der Waals surface area contributed by atoms with Crippen molar-refractivity contribution in [3.8, 4) is 0 Å². The minimum absolute atomic E-state index is 0.205. The fourth-order valence-corrected chi connectivity index (χ4v) is 7.85. The number of hydrogen-bond acceptors (Lipinski definition) is 4. The van der Waals surface area contributed by atoms with Gasteiger partial charge in [0.1, 0.15) is 0 Å². The van der Waals surface area contributed by atoms with Gasteiger partial charge in [0.15, 0.2) is 0 Å². The first-order valence-corrected chi connectivity index (χ1v) is 14.4. The van der Waals surface area contributed by atoms with Crippen LogP contribution in [0.2, 0.25) is 0 Å². The van der Waals surface area contributed by atoms with Gasteiger partial charge in [0.2, 0.25) is 0 Å². The Labute approximate surface area is 222 Å². The van der Waals surface area contributed by atoms with Crippen LogP contribution in [0.5, 0.6) is 0 Å². The molecule has 200 valence electrons. The summed E-state index contributed by atoms with van der Waals surface area (Å²) in [5, 5.41) is 31.5. The van der Waals surface area contributed by atoms with Gasteiger partial charge in [0.05, 0.1) is 18.3 Å². The Bertz CT molecular complexity index is 1110. The molecule has 0 spiro atoms. The van der Waals surface area contributed by atoms with Crippen LogP contribution in [0.4, 0.5) is 0 Å². The Hall–Kier alpha value is -2.01. The molecule has 4 aliphatic rings. The fraction of sp³-hybridized carbons (Fsp3) is 0.606. The fourth-order valence-electron chi connectivity index (χ4n) is 7.85. The average Bonchev–Trinajstić information content (AvgIpc) is 3.60. The van der Waals surface area contributed by atoms with Crippen molar-refractivity contribution >= 4 is 0 Å². The lowest BCUT2D eigenvalue weighted by Crippen LogP contribution is -2.35. The summed E-state index contributed by atoms with van der Waals surface area (Å²) in [4.78, 5) is 4.60. The Morgan fingerprint density at radius 3 is 2.65 bits per heavy atom. The zero-order chi connectivity index (χ0) is 26.4. The van der Waals surface area contributed by atoms with E-state index >= 15 is 0 Å². The number of rotatable bonds is 6. The van der Waals surface area contributed by atoms with E-state index in [4.69, 9.17) is 0 Å². The second-order valence-electron chi connectivity index (χ2n) is 12.7. The van der Waals surface area contributed by atoms with Crippen LogP contribution >= 0.6 is 0 Å². The lowest BCUT2D eigenvalue weighted by atomic mass is 9.61. The van der Waals surface area contributed by atoms with Crippen molar-refractivity contribution in [2.24, 2.45) is 23.2 Å². The zero-order valence-electron chi connectivity index (χ0n) is 22.9. The summed E-state index contributed by atoms with van der Waals surface area (Å²) < 4.78 is 0. The summed E-state index contributed by atoms with van der Waals surface area (Å²) in [5.41, 5.74) is 5.55. The Morgan fingerprint density at radius 1 is 1.14 bits per heavy atom. The summed E-state index contributed by atoms with van der Waals surface area (Å²) in [6.45, 7) is 11.0. The van der Waals surface area contributed by atoms with Crippen molar-refractivity contribution in [2.45, 2.75) is 102 Å². The second-order valence-corrected chi connectivity index (χ2v) is 12.7. The predicted octanol–water partition coefficient (Wildman–Crippen LogP) is 6.12. The van der Waals surface area contributed by atoms with Crippen LogP contribution in [-0.4, -0.2) is 38.6 Å². The van der Waals surface area contributed by atoms with E-state index in [1.54, 1.807) is 0 Å². The van der Waals surface area contributed by atoms with E-state index in [1.807, 2.05) is 12.3 Å². The van der Waals surface area contributed by atoms with Crippen molar-refractivity contribution in [2.75, 3.05) is 0 Å². The molecule has 0 aromatic carbocycles. The molecule has 7 atom stereocenters. The Balaban J connectivity index is 1.29. The normalized spacial score (nSPS) is 37.2. The highest BCUT2D eigenvalue weighted by atomic mass is 16.3. The molecule has 1 aromatic rings. The van der Waals surface area contributed by atoms with Gasteiger partial charge in [-0.15, -0.1) is 0 Å². The topological polar surface area (TPSA) is 73.6 Å². The first kappa shape index (κ1) is 26.6. The second kappa shape index (κ2) is 10.3. The molecular weight excluding hydrogens is 458 g/mol. The molecule has 4 nitrogen and oxygen atoms in total. The van der Waals surface area contributed by atoms with E-state index in [9.17, 15) is 15.3 Å². The molecule has 0 aliphatic heterocycles. The number of aromatic nitrogens is 1. The van der Waals surface area contributed by atoms with Crippen LogP contribution in [0, 0.1) is 30.1 Å². The SMILES string of the molecule is C=C1/C(=C\C=C2/CCC[C@]3(C)[C@@H]([C@H](C)/C=C/[C@@H](O)C4(c5cc(C)ccn5)CC4)CC[C@@H]23)C[C@@H](O)C[C@@H]1O. The number of aryl methyl sites for hydroxylation is 1. The molecule has 37 heavy (non-hydrogen) atoms. The van der Waals surface area contributed by atoms with Gasteiger partial charge in [-0.2, -0.15) is 0 Å². The molecular formula is C33H45NO3. The number of nitrogens with zero attached hydrogens (tertiary/aromatic N) is 1. The minimum Gasteiger partial charge on any atom is -0.393 e. The monoisotopic (exact) mass is 503 g/mol. The number of allylic oxidation sites excluding steroid dienone is 4. The third-order valence-electron chi connectivity index (χ3n) is 10.3. The van der Waals surface area contributed by atoms with Gasteiger partial charge >= 0.3 is 0 Å². The molecule has 3 N–H and O–H groups in total. The number of aliphatic hydroxyl groups is 3. The van der Waals surface area contributed by atoms with Crippen LogP contribution in [0.1, 0.15) is 82.9 Å². The third-order valence-corrected chi connectivity index (χ3v) is 10.3. The van der Waals surface area contributed by atoms with E-state index in [-0.39, 0.29) is 10.8 Å². The van der Waals surface area contributed by atoms with E-state index in [1.165, 1.54) is 36.8 Å². The molecule has 1 aromatic heterocycles. The minimum atomic E-state index is -0.639. The largest absolute Gasteiger partial charge is 0.393 e. The number of hydrogen-bond donors (Lipinski definition) is 3. The molecule has 0 saturated heterocycles. The Kier molecular flexibility index (Phi) is 7.39. The Morgan fingerprint density at radius 2 is 1.92 bits per heavy atom. The maximum absolute atomic E-state index is 11.2. The third kappa shape index (κ3) is 5.05. The molecule has 0 amide bonds. The van der Waals surface area contributed by atoms with Crippen molar-refractivity contribution in [3.63, 3.8) is 0 Å². The van der Waals surface area contributed by atoms with Crippen LogP contribution < -0.4 is 0 Å². The quantitative estimate of drug-likeness (QED) is 0.409. The van der Waals surface area contributed by atoms with Gasteiger partial charge in [-0.25, -0.2) is 0 Å². The molecule has 4 heteroatoms. The standard InChI is InChI=1S/C33H45NO3/c1-21-13-17-34-30(18-21)33(15-16-33)31(37)12-7-22(2)27-10-11-28-24(6-5-14-32(27,28)4)8-9-25-19-26(35)20-29(36)23(25)3/h7-9,12-13,17-18,22,26-29,31,35-37H,3,5-6,10-11,14-16,19-20H2,1-2,4H3/b12-7+,24-8+,25-9-/t22-,26-,27-,28+,29+,31-,32-/m1/s1. The van der Waals surface area contributed by atoms with E-state index in [0.29, 0.717) is 30.6 Å².